The fraction of sp³-hybridized carbons (Fsp3) is 0. The molecule has 0 aliphatic heterocycles. The molecule has 0 atom stereocenters. The third-order valence-electron chi connectivity index (χ3n) is 3.92. The molecule has 0 unspecified atom stereocenters. The molecule has 30 heavy (non-hydrogen) atoms. The van der Waals surface area contributed by atoms with Crippen LogP contribution in [0, 0.1) is 57.6 Å². The number of nitriles is 2. The highest BCUT2D eigenvalue weighted by molar-refractivity contribution is 7.99. The molecule has 3 rings (SSSR count). The van der Waals surface area contributed by atoms with Crippen molar-refractivity contribution in [3.8, 4) is 23.3 Å². The van der Waals surface area contributed by atoms with Crippen LogP contribution in [0.15, 0.2) is 34.2 Å². The van der Waals surface area contributed by atoms with E-state index in [2.05, 4.69) is 4.98 Å². The van der Waals surface area contributed by atoms with E-state index in [4.69, 9.17) is 5.73 Å². The van der Waals surface area contributed by atoms with Gasteiger partial charge in [-0.25, -0.2) is 31.3 Å². The second-order valence-corrected chi connectivity index (χ2v) is 6.66. The zero-order valence-electron chi connectivity index (χ0n) is 14.4. The maximum absolute atomic E-state index is 14.1. The summed E-state index contributed by atoms with van der Waals surface area (Å²) in [7, 11) is 0. The van der Waals surface area contributed by atoms with Gasteiger partial charge in [-0.2, -0.15) is 10.5 Å². The van der Waals surface area contributed by atoms with Crippen LogP contribution < -0.4 is 5.73 Å². The second-order valence-electron chi connectivity index (χ2n) is 5.66. The van der Waals surface area contributed by atoms with Gasteiger partial charge < -0.3 is 5.73 Å². The Hall–Kier alpha value is -3.70. The van der Waals surface area contributed by atoms with Gasteiger partial charge in [0.1, 0.15) is 34.4 Å². The van der Waals surface area contributed by atoms with Gasteiger partial charge in [-0.05, 0) is 17.7 Å². The van der Waals surface area contributed by atoms with Crippen LogP contribution in [0.2, 0.25) is 0 Å². The minimum Gasteiger partial charge on any atom is -0.383 e. The van der Waals surface area contributed by atoms with Gasteiger partial charge in [0.05, 0.1) is 10.5 Å². The zero-order valence-corrected chi connectivity index (χ0v) is 15.2. The van der Waals surface area contributed by atoms with Crippen LogP contribution in [0.5, 0.6) is 0 Å². The van der Waals surface area contributed by atoms with Crippen LogP contribution in [0.1, 0.15) is 11.1 Å². The lowest BCUT2D eigenvalue weighted by Crippen LogP contribution is -2.06. The zero-order chi connectivity index (χ0) is 22.2. The lowest BCUT2D eigenvalue weighted by atomic mass is 9.97. The number of hydrogen-bond acceptors (Lipinski definition) is 5. The molecule has 2 N–H and O–H groups in total. The SMILES string of the molecule is N#Cc1c(N)nc(Sc2c(F)c(F)c(F)c(F)c2F)c(C#N)c1-c1ccc(F)cc1. The van der Waals surface area contributed by atoms with Crippen molar-refractivity contribution in [1.82, 2.24) is 4.98 Å². The molecule has 1 heterocycles. The quantitative estimate of drug-likeness (QED) is 0.352. The van der Waals surface area contributed by atoms with Crippen molar-refractivity contribution >= 4 is 17.6 Å². The van der Waals surface area contributed by atoms with E-state index >= 15 is 0 Å². The fourth-order valence-electron chi connectivity index (χ4n) is 2.55. The average Bonchev–Trinajstić information content (AvgIpc) is 2.74. The Balaban J connectivity index is 2.30. The molecule has 0 bridgehead atoms. The van der Waals surface area contributed by atoms with E-state index in [0.717, 1.165) is 12.1 Å². The molecule has 4 nitrogen and oxygen atoms in total. The minimum absolute atomic E-state index is 0.0193. The number of halogens is 6. The largest absolute Gasteiger partial charge is 0.383 e. The molecule has 3 aromatic rings. The predicted molar refractivity (Wildman–Crippen MR) is 93.8 cm³/mol. The number of nitrogens with two attached hydrogens (primary N) is 1. The lowest BCUT2D eigenvalue weighted by molar-refractivity contribution is 0.361. The standard InChI is InChI=1S/C19H6F6N4S/c20-8-3-1-7(2-4-8)11-9(5-26)18(28)29-19(10(11)6-27)30-17-15(24)13(22)12(21)14(23)16(17)25/h1-4H,(H2,28,29). The summed E-state index contributed by atoms with van der Waals surface area (Å²) in [6.45, 7) is 0. The third-order valence-corrected chi connectivity index (χ3v) is 4.97. The molecule has 0 radical (unpaired) electrons. The minimum atomic E-state index is -2.34. The van der Waals surface area contributed by atoms with Crippen LogP contribution in [0.3, 0.4) is 0 Å². The van der Waals surface area contributed by atoms with E-state index in [1.54, 1.807) is 12.1 Å². The number of pyridine rings is 1. The first-order valence-electron chi connectivity index (χ1n) is 7.80. The van der Waals surface area contributed by atoms with Crippen LogP contribution >= 0.6 is 11.8 Å². The molecule has 150 valence electrons. The Labute approximate surface area is 169 Å². The molecule has 0 saturated carbocycles. The van der Waals surface area contributed by atoms with Crippen molar-refractivity contribution in [2.24, 2.45) is 0 Å². The second kappa shape index (κ2) is 7.97. The maximum atomic E-state index is 14.1. The van der Waals surface area contributed by atoms with E-state index in [-0.39, 0.29) is 28.5 Å². The van der Waals surface area contributed by atoms with Crippen LogP contribution in [0.4, 0.5) is 32.2 Å². The van der Waals surface area contributed by atoms with Gasteiger partial charge in [0.15, 0.2) is 23.3 Å². The first kappa shape index (κ1) is 21.0. The normalized spacial score (nSPS) is 10.5. The first-order chi connectivity index (χ1) is 14.2. The van der Waals surface area contributed by atoms with E-state index in [1.165, 1.54) is 12.1 Å². The summed E-state index contributed by atoms with van der Waals surface area (Å²) in [5.41, 5.74) is 5.04. The summed E-state index contributed by atoms with van der Waals surface area (Å²) in [5.74, 6) is -12.0. The number of nitrogen functional groups attached to an aromatic ring is 1. The highest BCUT2D eigenvalue weighted by atomic mass is 32.2. The molecule has 0 amide bonds. The average molecular weight is 436 g/mol. The van der Waals surface area contributed by atoms with E-state index in [0.29, 0.717) is 0 Å². The molecule has 0 spiro atoms. The number of rotatable bonds is 3. The van der Waals surface area contributed by atoms with Gasteiger partial charge in [0.25, 0.3) is 0 Å². The summed E-state index contributed by atoms with van der Waals surface area (Å²) < 4.78 is 81.7. The summed E-state index contributed by atoms with van der Waals surface area (Å²) in [4.78, 5) is 2.43. The van der Waals surface area contributed by atoms with Crippen molar-refractivity contribution in [2.45, 2.75) is 9.92 Å². The van der Waals surface area contributed by atoms with Gasteiger partial charge in [0, 0.05) is 5.56 Å². The lowest BCUT2D eigenvalue weighted by Gasteiger charge is -2.14. The summed E-state index contributed by atoms with van der Waals surface area (Å²) in [6, 6.07) is 7.93. The number of nitrogens with zero attached hydrogens (tertiary/aromatic N) is 3. The van der Waals surface area contributed by atoms with Gasteiger partial charge in [-0.1, -0.05) is 23.9 Å². The Morgan fingerprint density at radius 1 is 0.767 bits per heavy atom. The number of hydrogen-bond donors (Lipinski definition) is 1. The van der Waals surface area contributed by atoms with Crippen molar-refractivity contribution in [3.05, 3.63) is 70.3 Å². The Morgan fingerprint density at radius 2 is 1.27 bits per heavy atom. The Kier molecular flexibility index (Phi) is 5.58. The van der Waals surface area contributed by atoms with Gasteiger partial charge in [-0.3, -0.25) is 0 Å². The molecule has 0 aliphatic carbocycles. The summed E-state index contributed by atoms with van der Waals surface area (Å²) >= 11 is -0.0193. The van der Waals surface area contributed by atoms with Gasteiger partial charge in [-0.15, -0.1) is 0 Å². The van der Waals surface area contributed by atoms with Gasteiger partial charge in [0.2, 0.25) is 5.82 Å². The van der Waals surface area contributed by atoms with Gasteiger partial charge >= 0.3 is 0 Å². The number of anilines is 1. The molecule has 1 aromatic heterocycles. The van der Waals surface area contributed by atoms with Crippen LogP contribution in [-0.4, -0.2) is 4.98 Å². The summed E-state index contributed by atoms with van der Waals surface area (Å²) in [5, 5.41) is 18.5. The molecule has 2 aromatic carbocycles. The Morgan fingerprint density at radius 3 is 1.77 bits per heavy atom. The highest BCUT2D eigenvalue weighted by Crippen LogP contribution is 2.41. The van der Waals surface area contributed by atoms with E-state index in [1.807, 2.05) is 0 Å². The number of aromatic nitrogens is 1. The maximum Gasteiger partial charge on any atom is 0.200 e. The van der Waals surface area contributed by atoms with Crippen LogP contribution in [-0.2, 0) is 0 Å². The third kappa shape index (κ3) is 3.40. The highest BCUT2D eigenvalue weighted by Gasteiger charge is 2.29. The first-order valence-corrected chi connectivity index (χ1v) is 8.61. The van der Waals surface area contributed by atoms with Crippen molar-refractivity contribution in [3.63, 3.8) is 0 Å². The van der Waals surface area contributed by atoms with E-state index < -0.39 is 56.2 Å². The van der Waals surface area contributed by atoms with Crippen molar-refractivity contribution in [2.75, 3.05) is 5.73 Å². The van der Waals surface area contributed by atoms with Crippen molar-refractivity contribution < 1.29 is 26.3 Å². The molecule has 0 fully saturated rings. The molecule has 0 saturated heterocycles. The van der Waals surface area contributed by atoms with Crippen LogP contribution in [0.25, 0.3) is 11.1 Å². The Bertz CT molecular complexity index is 1230. The summed E-state index contributed by atoms with van der Waals surface area (Å²) in [6.07, 6.45) is 0. The fourth-order valence-corrected chi connectivity index (χ4v) is 3.49. The molecule has 0 aliphatic rings. The number of benzene rings is 2. The topological polar surface area (TPSA) is 86.5 Å². The molecular weight excluding hydrogens is 430 g/mol. The van der Waals surface area contributed by atoms with E-state index in [9.17, 15) is 36.9 Å². The molecular formula is C19H6F6N4S. The molecule has 11 heteroatoms. The monoisotopic (exact) mass is 436 g/mol. The van der Waals surface area contributed by atoms with Crippen molar-refractivity contribution in [1.29, 1.82) is 10.5 Å². The predicted octanol–water partition coefficient (Wildman–Crippen LogP) is 5.06. The smallest absolute Gasteiger partial charge is 0.200 e.